The molecular formula is C14H21NO3. The van der Waals surface area contributed by atoms with Gasteiger partial charge in [0, 0.05) is 0 Å². The fraction of sp³-hybridized carbons (Fsp3) is 0.643. The first-order valence-corrected chi connectivity index (χ1v) is 6.64. The molecule has 1 aliphatic carbocycles. The Morgan fingerprint density at radius 3 is 2.72 bits per heavy atom. The van der Waals surface area contributed by atoms with Crippen molar-refractivity contribution >= 4 is 0 Å². The van der Waals surface area contributed by atoms with Crippen LogP contribution in [-0.2, 0) is 6.61 Å². The third-order valence-electron chi connectivity index (χ3n) is 3.48. The summed E-state index contributed by atoms with van der Waals surface area (Å²) in [5.41, 5.74) is 0.619. The van der Waals surface area contributed by atoms with Crippen molar-refractivity contribution in [3.05, 3.63) is 24.0 Å². The van der Waals surface area contributed by atoms with Crippen molar-refractivity contribution < 1.29 is 14.9 Å². The summed E-state index contributed by atoms with van der Waals surface area (Å²) in [7, 11) is 0. The maximum atomic E-state index is 9.89. The minimum Gasteiger partial charge on any atom is -0.489 e. The molecule has 100 valence electrons. The van der Waals surface area contributed by atoms with E-state index >= 15 is 0 Å². The van der Waals surface area contributed by atoms with Crippen LogP contribution in [0.15, 0.2) is 18.3 Å². The van der Waals surface area contributed by atoms with E-state index in [-0.39, 0.29) is 6.61 Å². The third kappa shape index (κ3) is 3.96. The van der Waals surface area contributed by atoms with Crippen LogP contribution in [0.1, 0.15) is 37.8 Å². The summed E-state index contributed by atoms with van der Waals surface area (Å²) in [5, 5.41) is 18.7. The second-order valence-corrected chi connectivity index (χ2v) is 4.99. The van der Waals surface area contributed by atoms with Gasteiger partial charge < -0.3 is 14.9 Å². The molecule has 1 heterocycles. The number of hydrogen-bond acceptors (Lipinski definition) is 4. The Labute approximate surface area is 108 Å². The van der Waals surface area contributed by atoms with Crippen LogP contribution in [-0.4, -0.2) is 27.9 Å². The molecule has 4 heteroatoms. The SMILES string of the molecule is OCc1ccc(OCC(O)CC2CCCC2)cn1. The van der Waals surface area contributed by atoms with Crippen LogP contribution in [0.2, 0.25) is 0 Å². The molecule has 1 atom stereocenters. The van der Waals surface area contributed by atoms with Gasteiger partial charge in [-0.15, -0.1) is 0 Å². The smallest absolute Gasteiger partial charge is 0.137 e. The quantitative estimate of drug-likeness (QED) is 0.810. The van der Waals surface area contributed by atoms with E-state index in [1.807, 2.05) is 0 Å². The lowest BCUT2D eigenvalue weighted by Crippen LogP contribution is -2.20. The van der Waals surface area contributed by atoms with Crippen LogP contribution in [0.4, 0.5) is 0 Å². The molecule has 1 aromatic heterocycles. The van der Waals surface area contributed by atoms with E-state index in [1.54, 1.807) is 18.3 Å². The zero-order chi connectivity index (χ0) is 12.8. The molecule has 1 fully saturated rings. The molecule has 1 unspecified atom stereocenters. The lowest BCUT2D eigenvalue weighted by atomic mass is 10.0. The van der Waals surface area contributed by atoms with Gasteiger partial charge in [0.2, 0.25) is 0 Å². The summed E-state index contributed by atoms with van der Waals surface area (Å²) >= 11 is 0. The fourth-order valence-electron chi connectivity index (χ4n) is 2.48. The van der Waals surface area contributed by atoms with Crippen LogP contribution in [0, 0.1) is 5.92 Å². The maximum Gasteiger partial charge on any atom is 0.137 e. The number of ether oxygens (including phenoxy) is 1. The highest BCUT2D eigenvalue weighted by Crippen LogP contribution is 2.28. The summed E-state index contributed by atoms with van der Waals surface area (Å²) in [5.74, 6) is 1.30. The van der Waals surface area contributed by atoms with Crippen LogP contribution in [0.25, 0.3) is 0 Å². The average molecular weight is 251 g/mol. The van der Waals surface area contributed by atoms with Crippen molar-refractivity contribution in [1.29, 1.82) is 0 Å². The number of rotatable bonds is 6. The summed E-state index contributed by atoms with van der Waals surface area (Å²) < 4.78 is 5.48. The van der Waals surface area contributed by atoms with Crippen LogP contribution in [0.3, 0.4) is 0 Å². The molecule has 0 aliphatic heterocycles. The Balaban J connectivity index is 1.72. The Kier molecular flexibility index (Phi) is 4.96. The van der Waals surface area contributed by atoms with Crippen LogP contribution in [0.5, 0.6) is 5.75 Å². The van der Waals surface area contributed by atoms with Gasteiger partial charge in [0.25, 0.3) is 0 Å². The third-order valence-corrected chi connectivity index (χ3v) is 3.48. The lowest BCUT2D eigenvalue weighted by Gasteiger charge is -2.16. The van der Waals surface area contributed by atoms with Crippen molar-refractivity contribution in [3.63, 3.8) is 0 Å². The van der Waals surface area contributed by atoms with Crippen LogP contribution >= 0.6 is 0 Å². The summed E-state index contributed by atoms with van der Waals surface area (Å²) in [6.45, 7) is 0.251. The number of aromatic nitrogens is 1. The molecule has 2 N–H and O–H groups in total. The minimum absolute atomic E-state index is 0.0649. The van der Waals surface area contributed by atoms with Crippen molar-refractivity contribution in [2.75, 3.05) is 6.61 Å². The van der Waals surface area contributed by atoms with Gasteiger partial charge in [0.1, 0.15) is 12.4 Å². The topological polar surface area (TPSA) is 62.6 Å². The van der Waals surface area contributed by atoms with Crippen molar-refractivity contribution in [1.82, 2.24) is 4.98 Å². The maximum absolute atomic E-state index is 9.89. The van der Waals surface area contributed by atoms with E-state index in [4.69, 9.17) is 9.84 Å². The fourth-order valence-corrected chi connectivity index (χ4v) is 2.48. The molecule has 1 aromatic rings. The van der Waals surface area contributed by atoms with Gasteiger partial charge in [0.15, 0.2) is 0 Å². The number of aliphatic hydroxyl groups is 2. The monoisotopic (exact) mass is 251 g/mol. The lowest BCUT2D eigenvalue weighted by molar-refractivity contribution is 0.0853. The Morgan fingerprint density at radius 2 is 2.11 bits per heavy atom. The minimum atomic E-state index is -0.398. The molecule has 2 rings (SSSR count). The molecule has 0 saturated heterocycles. The van der Waals surface area contributed by atoms with Crippen molar-refractivity contribution in [2.24, 2.45) is 5.92 Å². The first kappa shape index (κ1) is 13.3. The Morgan fingerprint density at radius 1 is 1.33 bits per heavy atom. The molecular weight excluding hydrogens is 230 g/mol. The van der Waals surface area contributed by atoms with E-state index in [9.17, 15) is 5.11 Å². The largest absolute Gasteiger partial charge is 0.489 e. The molecule has 0 spiro atoms. The summed E-state index contributed by atoms with van der Waals surface area (Å²) in [6.07, 6.45) is 7.09. The van der Waals surface area contributed by atoms with Gasteiger partial charge in [-0.2, -0.15) is 0 Å². The number of nitrogens with zero attached hydrogens (tertiary/aromatic N) is 1. The van der Waals surface area contributed by atoms with E-state index in [0.717, 1.165) is 6.42 Å². The van der Waals surface area contributed by atoms with Crippen LogP contribution < -0.4 is 4.74 Å². The predicted octanol–water partition coefficient (Wildman–Crippen LogP) is 1.89. The molecule has 0 aromatic carbocycles. The first-order valence-electron chi connectivity index (χ1n) is 6.64. The highest BCUT2D eigenvalue weighted by atomic mass is 16.5. The zero-order valence-corrected chi connectivity index (χ0v) is 10.6. The van der Waals surface area contributed by atoms with Crippen molar-refractivity contribution in [3.8, 4) is 5.75 Å². The second kappa shape index (κ2) is 6.71. The van der Waals surface area contributed by atoms with Gasteiger partial charge in [0.05, 0.1) is 24.6 Å². The van der Waals surface area contributed by atoms with E-state index in [2.05, 4.69) is 4.98 Å². The zero-order valence-electron chi connectivity index (χ0n) is 10.6. The van der Waals surface area contributed by atoms with E-state index in [0.29, 0.717) is 24.0 Å². The summed E-state index contributed by atoms with van der Waals surface area (Å²) in [4.78, 5) is 4.02. The van der Waals surface area contributed by atoms with E-state index in [1.165, 1.54) is 25.7 Å². The van der Waals surface area contributed by atoms with Gasteiger partial charge in [-0.25, -0.2) is 0 Å². The van der Waals surface area contributed by atoms with Gasteiger partial charge in [-0.1, -0.05) is 25.7 Å². The Bertz CT molecular complexity index is 347. The average Bonchev–Trinajstić information content (AvgIpc) is 2.90. The summed E-state index contributed by atoms with van der Waals surface area (Å²) in [6, 6.07) is 3.49. The number of hydrogen-bond donors (Lipinski definition) is 2. The van der Waals surface area contributed by atoms with E-state index < -0.39 is 6.10 Å². The second-order valence-electron chi connectivity index (χ2n) is 4.99. The van der Waals surface area contributed by atoms with Gasteiger partial charge in [-0.3, -0.25) is 4.98 Å². The normalized spacial score (nSPS) is 17.9. The number of aliphatic hydroxyl groups excluding tert-OH is 2. The molecule has 18 heavy (non-hydrogen) atoms. The molecule has 1 aliphatic rings. The molecule has 4 nitrogen and oxygen atoms in total. The Hall–Kier alpha value is -1.13. The molecule has 1 saturated carbocycles. The highest BCUT2D eigenvalue weighted by Gasteiger charge is 2.19. The molecule has 0 bridgehead atoms. The molecule has 0 amide bonds. The van der Waals surface area contributed by atoms with Crippen molar-refractivity contribution in [2.45, 2.75) is 44.8 Å². The van der Waals surface area contributed by atoms with Gasteiger partial charge >= 0.3 is 0 Å². The predicted molar refractivity (Wildman–Crippen MR) is 68.2 cm³/mol. The molecule has 0 radical (unpaired) electrons. The highest BCUT2D eigenvalue weighted by molar-refractivity contribution is 5.19. The van der Waals surface area contributed by atoms with Gasteiger partial charge in [-0.05, 0) is 24.5 Å². The number of pyridine rings is 1. The first-order chi connectivity index (χ1) is 8.78. The standard InChI is InChI=1S/C14H21NO3/c16-9-12-5-6-14(8-15-12)18-10-13(17)7-11-3-1-2-4-11/h5-6,8,11,13,16-17H,1-4,7,9-10H2.